The van der Waals surface area contributed by atoms with Gasteiger partial charge in [-0.3, -0.25) is 0 Å². The lowest BCUT2D eigenvalue weighted by Crippen LogP contribution is -2.04. The topological polar surface area (TPSA) is 38.7 Å². The maximum Gasteiger partial charge on any atom is 0.161 e. The first-order valence-corrected chi connectivity index (χ1v) is 6.70. The van der Waals surface area contributed by atoms with Crippen LogP contribution in [0.3, 0.4) is 0 Å². The van der Waals surface area contributed by atoms with Crippen molar-refractivity contribution in [2.75, 3.05) is 14.2 Å². The Morgan fingerprint density at radius 3 is 2.43 bits per heavy atom. The summed E-state index contributed by atoms with van der Waals surface area (Å²) in [5.41, 5.74) is 2.45. The quantitative estimate of drug-likeness (QED) is 0.917. The van der Waals surface area contributed by atoms with Crippen LogP contribution in [0.4, 0.5) is 4.39 Å². The molecule has 0 aliphatic heterocycles. The average Bonchev–Trinajstić information content (AvgIpc) is 2.50. The van der Waals surface area contributed by atoms with Crippen LogP contribution in [0, 0.1) is 12.7 Å². The maximum atomic E-state index is 13.3. The molecule has 1 unspecified atom stereocenters. The van der Waals surface area contributed by atoms with Crippen LogP contribution in [-0.2, 0) is 6.42 Å². The highest BCUT2D eigenvalue weighted by Gasteiger charge is 2.14. The summed E-state index contributed by atoms with van der Waals surface area (Å²) in [6.45, 7) is 1.90. The Labute approximate surface area is 124 Å². The summed E-state index contributed by atoms with van der Waals surface area (Å²) in [6.07, 6.45) is -0.385. The van der Waals surface area contributed by atoms with E-state index in [-0.39, 0.29) is 5.82 Å². The minimum absolute atomic E-state index is 0.296. The van der Waals surface area contributed by atoms with Gasteiger partial charge in [-0.25, -0.2) is 4.39 Å². The fourth-order valence-corrected chi connectivity index (χ4v) is 2.25. The normalized spacial score (nSPS) is 12.0. The number of benzene rings is 2. The van der Waals surface area contributed by atoms with E-state index in [2.05, 4.69) is 0 Å². The van der Waals surface area contributed by atoms with Crippen molar-refractivity contribution in [1.82, 2.24) is 0 Å². The third-order valence-corrected chi connectivity index (χ3v) is 3.52. The van der Waals surface area contributed by atoms with Crippen molar-refractivity contribution < 1.29 is 19.0 Å². The molecule has 0 bridgehead atoms. The van der Waals surface area contributed by atoms with Gasteiger partial charge in [-0.2, -0.15) is 0 Å². The zero-order valence-corrected chi connectivity index (χ0v) is 12.4. The number of hydrogen-bond acceptors (Lipinski definition) is 3. The molecule has 0 saturated heterocycles. The second kappa shape index (κ2) is 6.59. The molecule has 0 spiro atoms. The van der Waals surface area contributed by atoms with Crippen molar-refractivity contribution in [3.05, 3.63) is 58.9 Å². The van der Waals surface area contributed by atoms with Crippen LogP contribution in [0.1, 0.15) is 22.8 Å². The van der Waals surface area contributed by atoms with Gasteiger partial charge >= 0.3 is 0 Å². The van der Waals surface area contributed by atoms with Crippen LogP contribution in [0.5, 0.6) is 11.5 Å². The fourth-order valence-electron chi connectivity index (χ4n) is 2.25. The van der Waals surface area contributed by atoms with Gasteiger partial charge in [0.15, 0.2) is 11.5 Å². The number of halogens is 1. The van der Waals surface area contributed by atoms with Gasteiger partial charge in [0, 0.05) is 6.42 Å². The molecule has 0 saturated carbocycles. The third kappa shape index (κ3) is 3.52. The van der Waals surface area contributed by atoms with E-state index in [4.69, 9.17) is 9.47 Å². The van der Waals surface area contributed by atoms with Crippen molar-refractivity contribution in [3.8, 4) is 11.5 Å². The molecule has 112 valence electrons. The summed E-state index contributed by atoms with van der Waals surface area (Å²) >= 11 is 0. The number of aliphatic hydroxyl groups excluding tert-OH is 1. The van der Waals surface area contributed by atoms with Crippen LogP contribution >= 0.6 is 0 Å². The van der Waals surface area contributed by atoms with Gasteiger partial charge in [0.25, 0.3) is 0 Å². The van der Waals surface area contributed by atoms with Gasteiger partial charge in [-0.05, 0) is 47.9 Å². The van der Waals surface area contributed by atoms with Crippen molar-refractivity contribution >= 4 is 0 Å². The standard InChI is InChI=1S/C17H19FO3/c1-11-4-6-14(18)8-13(11)9-15(19)12-5-7-16(20-2)17(10-12)21-3/h4-8,10,15,19H,9H2,1-3H3. The fraction of sp³-hybridized carbons (Fsp3) is 0.294. The van der Waals surface area contributed by atoms with E-state index in [1.165, 1.54) is 12.1 Å². The van der Waals surface area contributed by atoms with E-state index in [1.54, 1.807) is 38.5 Å². The van der Waals surface area contributed by atoms with Gasteiger partial charge in [0.05, 0.1) is 20.3 Å². The number of ether oxygens (including phenoxy) is 2. The molecule has 2 aromatic carbocycles. The van der Waals surface area contributed by atoms with E-state index in [0.29, 0.717) is 23.5 Å². The molecule has 21 heavy (non-hydrogen) atoms. The number of rotatable bonds is 5. The maximum absolute atomic E-state index is 13.3. The number of methoxy groups -OCH3 is 2. The van der Waals surface area contributed by atoms with Crippen molar-refractivity contribution in [2.24, 2.45) is 0 Å². The van der Waals surface area contributed by atoms with Gasteiger partial charge in [-0.1, -0.05) is 12.1 Å². The molecule has 0 fully saturated rings. The lowest BCUT2D eigenvalue weighted by Gasteiger charge is -2.15. The Kier molecular flexibility index (Phi) is 4.81. The zero-order chi connectivity index (χ0) is 15.4. The van der Waals surface area contributed by atoms with E-state index >= 15 is 0 Å². The van der Waals surface area contributed by atoms with Gasteiger partial charge in [-0.15, -0.1) is 0 Å². The van der Waals surface area contributed by atoms with Crippen LogP contribution in [0.15, 0.2) is 36.4 Å². The molecule has 2 rings (SSSR count). The Bertz CT molecular complexity index is 625. The molecular weight excluding hydrogens is 271 g/mol. The molecule has 0 radical (unpaired) electrons. The Morgan fingerprint density at radius 2 is 1.76 bits per heavy atom. The monoisotopic (exact) mass is 290 g/mol. The summed E-state index contributed by atoms with van der Waals surface area (Å²) in [6, 6.07) is 9.85. The third-order valence-electron chi connectivity index (χ3n) is 3.52. The van der Waals surface area contributed by atoms with Crippen molar-refractivity contribution in [3.63, 3.8) is 0 Å². The SMILES string of the molecule is COc1ccc(C(O)Cc2cc(F)ccc2C)cc1OC. The van der Waals surface area contributed by atoms with E-state index in [0.717, 1.165) is 11.1 Å². The van der Waals surface area contributed by atoms with E-state index in [1.807, 2.05) is 6.92 Å². The second-order valence-electron chi connectivity index (χ2n) is 4.91. The minimum atomic E-state index is -0.731. The molecule has 0 amide bonds. The second-order valence-corrected chi connectivity index (χ2v) is 4.91. The van der Waals surface area contributed by atoms with E-state index in [9.17, 15) is 9.50 Å². The highest BCUT2D eigenvalue weighted by atomic mass is 19.1. The molecule has 0 aliphatic carbocycles. The Hall–Kier alpha value is -2.07. The summed E-state index contributed by atoms with van der Waals surface area (Å²) in [5.74, 6) is 0.871. The summed E-state index contributed by atoms with van der Waals surface area (Å²) in [5, 5.41) is 10.4. The number of aryl methyl sites for hydroxylation is 1. The van der Waals surface area contributed by atoms with Gasteiger partial charge in [0.2, 0.25) is 0 Å². The molecule has 1 atom stereocenters. The van der Waals surface area contributed by atoms with E-state index < -0.39 is 6.10 Å². The van der Waals surface area contributed by atoms with Gasteiger partial charge < -0.3 is 14.6 Å². The molecule has 0 aromatic heterocycles. The molecule has 4 heteroatoms. The average molecular weight is 290 g/mol. The lowest BCUT2D eigenvalue weighted by molar-refractivity contribution is 0.177. The number of hydrogen-bond donors (Lipinski definition) is 1. The molecule has 0 aliphatic rings. The molecule has 3 nitrogen and oxygen atoms in total. The van der Waals surface area contributed by atoms with Gasteiger partial charge in [0.1, 0.15) is 5.82 Å². The summed E-state index contributed by atoms with van der Waals surface area (Å²) < 4.78 is 23.7. The first kappa shape index (κ1) is 15.3. The lowest BCUT2D eigenvalue weighted by atomic mass is 9.98. The zero-order valence-electron chi connectivity index (χ0n) is 12.4. The molecule has 0 heterocycles. The molecule has 1 N–H and O–H groups in total. The first-order valence-electron chi connectivity index (χ1n) is 6.70. The van der Waals surface area contributed by atoms with Crippen LogP contribution < -0.4 is 9.47 Å². The largest absolute Gasteiger partial charge is 0.493 e. The summed E-state index contributed by atoms with van der Waals surface area (Å²) in [7, 11) is 3.11. The Balaban J connectivity index is 2.24. The molecule has 2 aromatic rings. The predicted molar refractivity (Wildman–Crippen MR) is 79.3 cm³/mol. The van der Waals surface area contributed by atoms with Crippen LogP contribution in [-0.4, -0.2) is 19.3 Å². The van der Waals surface area contributed by atoms with Crippen LogP contribution in [0.2, 0.25) is 0 Å². The highest BCUT2D eigenvalue weighted by molar-refractivity contribution is 5.44. The predicted octanol–water partition coefficient (Wildman–Crippen LogP) is 3.43. The van der Waals surface area contributed by atoms with Crippen LogP contribution in [0.25, 0.3) is 0 Å². The summed E-state index contributed by atoms with van der Waals surface area (Å²) in [4.78, 5) is 0. The van der Waals surface area contributed by atoms with Crippen molar-refractivity contribution in [1.29, 1.82) is 0 Å². The Morgan fingerprint density at radius 1 is 1.05 bits per heavy atom. The van der Waals surface area contributed by atoms with Crippen molar-refractivity contribution in [2.45, 2.75) is 19.4 Å². The minimum Gasteiger partial charge on any atom is -0.493 e. The smallest absolute Gasteiger partial charge is 0.161 e. The number of aliphatic hydroxyl groups is 1. The highest BCUT2D eigenvalue weighted by Crippen LogP contribution is 2.31. The molecular formula is C17H19FO3. The first-order chi connectivity index (χ1) is 10.0.